The predicted molar refractivity (Wildman–Crippen MR) is 69.2 cm³/mol. The minimum absolute atomic E-state index is 0.106. The van der Waals surface area contributed by atoms with Crippen molar-refractivity contribution in [3.63, 3.8) is 0 Å². The average molecular weight is 277 g/mol. The van der Waals surface area contributed by atoms with Gasteiger partial charge in [0.1, 0.15) is 5.75 Å². The number of phenols is 1. The SMILES string of the molecule is O=C(O)[C@@H]1[C@@H](C(=O)Nc2ccc(O)cc2)[C@H]2CC[C@@H]1O2. The van der Waals surface area contributed by atoms with Crippen molar-refractivity contribution in [2.75, 3.05) is 5.32 Å². The third kappa shape index (κ3) is 2.12. The second kappa shape index (κ2) is 4.79. The molecule has 0 aliphatic carbocycles. The van der Waals surface area contributed by atoms with E-state index in [1.807, 2.05) is 0 Å². The lowest BCUT2D eigenvalue weighted by atomic mass is 9.78. The minimum Gasteiger partial charge on any atom is -0.508 e. The zero-order chi connectivity index (χ0) is 14.3. The van der Waals surface area contributed by atoms with Crippen LogP contribution in [-0.4, -0.2) is 34.3 Å². The highest BCUT2D eigenvalue weighted by Gasteiger charge is 2.55. The third-order valence-electron chi connectivity index (χ3n) is 4.00. The van der Waals surface area contributed by atoms with Crippen LogP contribution in [0, 0.1) is 11.8 Å². The number of carbonyl (C=O) groups is 2. The number of carboxylic acid groups (broad SMARTS) is 1. The van der Waals surface area contributed by atoms with Crippen molar-refractivity contribution in [1.82, 2.24) is 0 Å². The summed E-state index contributed by atoms with van der Waals surface area (Å²) in [6.45, 7) is 0. The molecule has 1 amide bonds. The molecule has 2 fully saturated rings. The van der Waals surface area contributed by atoms with Gasteiger partial charge in [-0.25, -0.2) is 0 Å². The monoisotopic (exact) mass is 277 g/mol. The molecular weight excluding hydrogens is 262 g/mol. The lowest BCUT2D eigenvalue weighted by molar-refractivity contribution is -0.147. The summed E-state index contributed by atoms with van der Waals surface area (Å²) >= 11 is 0. The Morgan fingerprint density at radius 3 is 2.30 bits per heavy atom. The Morgan fingerprint density at radius 1 is 1.10 bits per heavy atom. The zero-order valence-electron chi connectivity index (χ0n) is 10.7. The van der Waals surface area contributed by atoms with E-state index in [-0.39, 0.29) is 23.9 Å². The number of aromatic hydroxyl groups is 1. The summed E-state index contributed by atoms with van der Waals surface area (Å²) in [6, 6.07) is 6.05. The molecule has 2 heterocycles. The summed E-state index contributed by atoms with van der Waals surface area (Å²) < 4.78 is 5.56. The van der Waals surface area contributed by atoms with Crippen molar-refractivity contribution in [2.45, 2.75) is 25.0 Å². The van der Waals surface area contributed by atoms with Crippen LogP contribution in [0.3, 0.4) is 0 Å². The number of nitrogens with one attached hydrogen (secondary N) is 1. The Morgan fingerprint density at radius 2 is 1.70 bits per heavy atom. The molecule has 0 unspecified atom stereocenters. The average Bonchev–Trinajstić information content (AvgIpc) is 3.01. The summed E-state index contributed by atoms with van der Waals surface area (Å²) in [5, 5.41) is 21.1. The number of rotatable bonds is 3. The van der Waals surface area contributed by atoms with E-state index < -0.39 is 17.8 Å². The van der Waals surface area contributed by atoms with E-state index in [9.17, 15) is 19.8 Å². The fourth-order valence-electron chi connectivity index (χ4n) is 3.09. The number of carboxylic acids is 1. The van der Waals surface area contributed by atoms with Crippen molar-refractivity contribution in [1.29, 1.82) is 0 Å². The van der Waals surface area contributed by atoms with E-state index in [4.69, 9.17) is 4.74 Å². The van der Waals surface area contributed by atoms with E-state index >= 15 is 0 Å². The molecule has 6 nitrogen and oxygen atoms in total. The molecule has 0 aromatic heterocycles. The van der Waals surface area contributed by atoms with Gasteiger partial charge in [0.15, 0.2) is 0 Å². The van der Waals surface area contributed by atoms with Crippen LogP contribution in [0.1, 0.15) is 12.8 Å². The summed E-state index contributed by atoms with van der Waals surface area (Å²) in [7, 11) is 0. The van der Waals surface area contributed by atoms with Crippen molar-refractivity contribution in [3.8, 4) is 5.75 Å². The Bertz CT molecular complexity index is 541. The van der Waals surface area contributed by atoms with Gasteiger partial charge in [0, 0.05) is 5.69 Å². The molecule has 4 atom stereocenters. The largest absolute Gasteiger partial charge is 0.508 e. The van der Waals surface area contributed by atoms with Gasteiger partial charge in [0.05, 0.1) is 24.0 Å². The second-order valence-electron chi connectivity index (χ2n) is 5.22. The van der Waals surface area contributed by atoms with Crippen LogP contribution in [0.25, 0.3) is 0 Å². The normalized spacial score (nSPS) is 31.2. The van der Waals surface area contributed by atoms with Crippen LogP contribution < -0.4 is 5.32 Å². The Balaban J connectivity index is 1.76. The molecule has 6 heteroatoms. The van der Waals surface area contributed by atoms with Crippen LogP contribution >= 0.6 is 0 Å². The van der Waals surface area contributed by atoms with Gasteiger partial charge in [-0.2, -0.15) is 0 Å². The van der Waals surface area contributed by atoms with Gasteiger partial charge < -0.3 is 20.3 Å². The van der Waals surface area contributed by atoms with Crippen LogP contribution in [0.2, 0.25) is 0 Å². The maximum absolute atomic E-state index is 12.3. The first-order chi connectivity index (χ1) is 9.56. The van der Waals surface area contributed by atoms with Gasteiger partial charge >= 0.3 is 5.97 Å². The maximum atomic E-state index is 12.3. The highest BCUT2D eigenvalue weighted by molar-refractivity contribution is 5.96. The van der Waals surface area contributed by atoms with Gasteiger partial charge in [0.2, 0.25) is 5.91 Å². The zero-order valence-corrected chi connectivity index (χ0v) is 10.7. The van der Waals surface area contributed by atoms with Crippen molar-refractivity contribution in [2.24, 2.45) is 11.8 Å². The van der Waals surface area contributed by atoms with Crippen molar-refractivity contribution >= 4 is 17.6 Å². The third-order valence-corrected chi connectivity index (χ3v) is 4.00. The molecular formula is C14H15NO5. The van der Waals surface area contributed by atoms with Gasteiger partial charge in [-0.3, -0.25) is 9.59 Å². The number of ether oxygens (including phenoxy) is 1. The lowest BCUT2D eigenvalue weighted by Gasteiger charge is -2.23. The molecule has 3 N–H and O–H groups in total. The fraction of sp³-hybridized carbons (Fsp3) is 0.429. The summed E-state index contributed by atoms with van der Waals surface area (Å²) in [4.78, 5) is 23.6. The molecule has 20 heavy (non-hydrogen) atoms. The number of amides is 1. The molecule has 0 saturated carbocycles. The number of aliphatic carboxylic acids is 1. The molecule has 0 spiro atoms. The van der Waals surface area contributed by atoms with Crippen molar-refractivity contribution in [3.05, 3.63) is 24.3 Å². The van der Waals surface area contributed by atoms with Crippen LogP contribution in [0.15, 0.2) is 24.3 Å². The quantitative estimate of drug-likeness (QED) is 0.722. The number of fused-ring (bicyclic) bond motifs is 2. The van der Waals surface area contributed by atoms with Crippen molar-refractivity contribution < 1.29 is 24.5 Å². The smallest absolute Gasteiger partial charge is 0.310 e. The first kappa shape index (κ1) is 12.9. The highest BCUT2D eigenvalue weighted by atomic mass is 16.5. The van der Waals surface area contributed by atoms with E-state index in [0.29, 0.717) is 12.1 Å². The first-order valence-electron chi connectivity index (χ1n) is 6.54. The fourth-order valence-corrected chi connectivity index (χ4v) is 3.09. The number of hydrogen-bond acceptors (Lipinski definition) is 4. The van der Waals surface area contributed by atoms with Crippen LogP contribution in [0.5, 0.6) is 5.75 Å². The molecule has 1 aromatic rings. The standard InChI is InChI=1S/C14H15NO5/c16-8-3-1-7(2-4-8)15-13(17)11-9-5-6-10(20-9)12(11)14(18)19/h1-4,9-12,16H,5-6H2,(H,15,17)(H,18,19)/t9-,10+,11+,12+/m1/s1. The number of benzene rings is 1. The number of phenolic OH excluding ortho intramolecular Hbond substituents is 1. The Kier molecular flexibility index (Phi) is 3.10. The molecule has 3 rings (SSSR count). The molecule has 2 bridgehead atoms. The van der Waals surface area contributed by atoms with Crippen LogP contribution in [0.4, 0.5) is 5.69 Å². The maximum Gasteiger partial charge on any atom is 0.310 e. The van der Waals surface area contributed by atoms with Gasteiger partial charge in [-0.1, -0.05) is 0 Å². The number of carbonyl (C=O) groups excluding carboxylic acids is 1. The molecule has 0 radical (unpaired) electrons. The summed E-state index contributed by atoms with van der Waals surface area (Å²) in [5.74, 6) is -2.64. The highest BCUT2D eigenvalue weighted by Crippen LogP contribution is 2.44. The van der Waals surface area contributed by atoms with Gasteiger partial charge in [0.25, 0.3) is 0 Å². The number of anilines is 1. The van der Waals surface area contributed by atoms with E-state index in [1.54, 1.807) is 12.1 Å². The Hall–Kier alpha value is -2.08. The summed E-state index contributed by atoms with van der Waals surface area (Å²) in [6.07, 6.45) is 0.762. The van der Waals surface area contributed by atoms with E-state index in [0.717, 1.165) is 6.42 Å². The second-order valence-corrected chi connectivity index (χ2v) is 5.22. The topological polar surface area (TPSA) is 95.9 Å². The lowest BCUT2D eigenvalue weighted by Crippen LogP contribution is -2.40. The van der Waals surface area contributed by atoms with E-state index in [1.165, 1.54) is 12.1 Å². The molecule has 2 aliphatic rings. The molecule has 1 aromatic carbocycles. The minimum atomic E-state index is -0.983. The Labute approximate surface area is 115 Å². The molecule has 106 valence electrons. The molecule has 2 saturated heterocycles. The van der Waals surface area contributed by atoms with Gasteiger partial charge in [-0.05, 0) is 37.1 Å². The summed E-state index contributed by atoms with van der Waals surface area (Å²) in [5.41, 5.74) is 0.528. The van der Waals surface area contributed by atoms with Crippen LogP contribution in [-0.2, 0) is 14.3 Å². The predicted octanol–water partition coefficient (Wildman–Crippen LogP) is 1.21. The first-order valence-corrected chi connectivity index (χ1v) is 6.54. The number of hydrogen-bond donors (Lipinski definition) is 3. The van der Waals surface area contributed by atoms with E-state index in [2.05, 4.69) is 5.32 Å². The molecule has 2 aliphatic heterocycles. The van der Waals surface area contributed by atoms with Gasteiger partial charge in [-0.15, -0.1) is 0 Å².